The Morgan fingerprint density at radius 2 is 2.40 bits per heavy atom. The molecule has 1 N–H and O–H groups in total. The van der Waals surface area contributed by atoms with Gasteiger partial charge in [0.15, 0.2) is 5.82 Å². The summed E-state index contributed by atoms with van der Waals surface area (Å²) in [7, 11) is 0. The first-order valence-electron chi connectivity index (χ1n) is 3.03. The van der Waals surface area contributed by atoms with Crippen LogP contribution in [-0.4, -0.2) is 20.6 Å². The summed E-state index contributed by atoms with van der Waals surface area (Å²) in [6, 6.07) is 2.17. The third kappa shape index (κ3) is 0.530. The number of hydrogen-bond acceptors (Lipinski definition) is 4. The van der Waals surface area contributed by atoms with Crippen LogP contribution in [-0.2, 0) is 5.41 Å². The van der Waals surface area contributed by atoms with E-state index >= 15 is 0 Å². The maximum Gasteiger partial charge on any atom is 0.194 e. The second-order valence-electron chi connectivity index (χ2n) is 2.43. The van der Waals surface area contributed by atoms with Crippen LogP contribution >= 0.6 is 0 Å². The Balaban J connectivity index is 2.38. The van der Waals surface area contributed by atoms with Crippen molar-refractivity contribution in [2.45, 2.75) is 18.3 Å². The van der Waals surface area contributed by atoms with Gasteiger partial charge in [-0.25, -0.2) is 0 Å². The van der Waals surface area contributed by atoms with Crippen molar-refractivity contribution in [3.8, 4) is 6.07 Å². The van der Waals surface area contributed by atoms with Crippen LogP contribution in [0.5, 0.6) is 0 Å². The van der Waals surface area contributed by atoms with Crippen molar-refractivity contribution in [3.63, 3.8) is 0 Å². The van der Waals surface area contributed by atoms with Crippen molar-refractivity contribution in [1.82, 2.24) is 20.6 Å². The monoisotopic (exact) mass is 135 g/mol. The standard InChI is InChI=1S/C5H5N5/c6-3-5(1-2-5)4-7-9-10-8-4/h1-2H2,(H,7,8,9,10). The molecule has 1 aromatic heterocycles. The summed E-state index contributed by atoms with van der Waals surface area (Å²) < 4.78 is 0. The van der Waals surface area contributed by atoms with Crippen LogP contribution in [0.3, 0.4) is 0 Å². The molecule has 0 bridgehead atoms. The molecular weight excluding hydrogens is 130 g/mol. The minimum absolute atomic E-state index is 0.396. The molecule has 0 unspecified atom stereocenters. The smallest absolute Gasteiger partial charge is 0.194 e. The molecule has 0 aromatic carbocycles. The average Bonchev–Trinajstić information content (AvgIpc) is 2.58. The molecule has 1 aromatic rings. The van der Waals surface area contributed by atoms with E-state index in [9.17, 15) is 0 Å². The van der Waals surface area contributed by atoms with Crippen LogP contribution in [0, 0.1) is 11.3 Å². The molecule has 1 fully saturated rings. The zero-order valence-electron chi connectivity index (χ0n) is 5.20. The molecule has 1 aliphatic carbocycles. The molecule has 1 heterocycles. The van der Waals surface area contributed by atoms with Crippen molar-refractivity contribution in [2.75, 3.05) is 0 Å². The molecule has 10 heavy (non-hydrogen) atoms. The number of nitrogens with one attached hydrogen (secondary N) is 1. The fourth-order valence-electron chi connectivity index (χ4n) is 0.875. The first kappa shape index (κ1) is 5.35. The van der Waals surface area contributed by atoms with Gasteiger partial charge in [-0.15, -0.1) is 10.2 Å². The van der Waals surface area contributed by atoms with Crippen molar-refractivity contribution in [1.29, 1.82) is 5.26 Å². The van der Waals surface area contributed by atoms with Gasteiger partial charge in [-0.1, -0.05) is 5.21 Å². The van der Waals surface area contributed by atoms with Gasteiger partial charge in [-0.2, -0.15) is 10.5 Å². The number of nitrogens with zero attached hydrogens (tertiary/aromatic N) is 4. The third-order valence-corrected chi connectivity index (χ3v) is 1.74. The lowest BCUT2D eigenvalue weighted by molar-refractivity contribution is 0.802. The van der Waals surface area contributed by atoms with Crippen LogP contribution in [0.4, 0.5) is 0 Å². The lowest BCUT2D eigenvalue weighted by atomic mass is 10.1. The van der Waals surface area contributed by atoms with Gasteiger partial charge in [-0.05, 0) is 12.8 Å². The van der Waals surface area contributed by atoms with Gasteiger partial charge >= 0.3 is 0 Å². The van der Waals surface area contributed by atoms with Crippen LogP contribution in [0.2, 0.25) is 0 Å². The van der Waals surface area contributed by atoms with Gasteiger partial charge in [-0.3, -0.25) is 0 Å². The zero-order valence-corrected chi connectivity index (χ0v) is 5.20. The molecule has 5 heteroatoms. The number of aromatic amines is 1. The number of aromatic nitrogens is 4. The van der Waals surface area contributed by atoms with Crippen LogP contribution in [0.25, 0.3) is 0 Å². The van der Waals surface area contributed by atoms with Crippen molar-refractivity contribution in [2.24, 2.45) is 0 Å². The van der Waals surface area contributed by atoms with E-state index in [1.165, 1.54) is 0 Å². The minimum Gasteiger partial charge on any atom is -0.197 e. The highest BCUT2D eigenvalue weighted by molar-refractivity contribution is 5.27. The molecule has 0 amide bonds. The van der Waals surface area contributed by atoms with Crippen molar-refractivity contribution < 1.29 is 0 Å². The highest BCUT2D eigenvalue weighted by Gasteiger charge is 2.48. The summed E-state index contributed by atoms with van der Waals surface area (Å²) >= 11 is 0. The van der Waals surface area contributed by atoms with Crippen LogP contribution in [0.15, 0.2) is 0 Å². The summed E-state index contributed by atoms with van der Waals surface area (Å²) in [5, 5.41) is 21.9. The normalized spacial score (nSPS) is 19.9. The minimum atomic E-state index is -0.396. The fraction of sp³-hybridized carbons (Fsp3) is 0.600. The Labute approximate surface area is 57.1 Å². The van der Waals surface area contributed by atoms with Crippen LogP contribution in [0.1, 0.15) is 18.7 Å². The molecule has 2 rings (SSSR count). The zero-order chi connectivity index (χ0) is 7.03. The maximum atomic E-state index is 8.66. The van der Waals surface area contributed by atoms with Gasteiger partial charge < -0.3 is 0 Å². The maximum absolute atomic E-state index is 8.66. The average molecular weight is 135 g/mol. The van der Waals surface area contributed by atoms with E-state index in [2.05, 4.69) is 26.7 Å². The Morgan fingerprint density at radius 1 is 1.60 bits per heavy atom. The highest BCUT2D eigenvalue weighted by Crippen LogP contribution is 2.45. The quantitative estimate of drug-likeness (QED) is 0.576. The molecule has 0 atom stereocenters. The Bertz CT molecular complexity index is 265. The third-order valence-electron chi connectivity index (χ3n) is 1.74. The van der Waals surface area contributed by atoms with Crippen LogP contribution < -0.4 is 0 Å². The van der Waals surface area contributed by atoms with E-state index in [4.69, 9.17) is 5.26 Å². The van der Waals surface area contributed by atoms with E-state index in [-0.39, 0.29) is 0 Å². The van der Waals surface area contributed by atoms with E-state index in [0.717, 1.165) is 12.8 Å². The summed E-state index contributed by atoms with van der Waals surface area (Å²) in [5.74, 6) is 0.537. The lowest BCUT2D eigenvalue weighted by Crippen LogP contribution is -2.04. The van der Waals surface area contributed by atoms with Gasteiger partial charge in [0.05, 0.1) is 6.07 Å². The second-order valence-corrected chi connectivity index (χ2v) is 2.43. The number of H-pyrrole nitrogens is 1. The molecule has 0 saturated heterocycles. The Hall–Kier alpha value is -1.44. The fourth-order valence-corrected chi connectivity index (χ4v) is 0.875. The topological polar surface area (TPSA) is 78.2 Å². The van der Waals surface area contributed by atoms with Gasteiger partial charge in [0.2, 0.25) is 0 Å². The van der Waals surface area contributed by atoms with E-state index < -0.39 is 5.41 Å². The predicted molar refractivity (Wildman–Crippen MR) is 30.7 cm³/mol. The Morgan fingerprint density at radius 3 is 2.80 bits per heavy atom. The number of nitriles is 1. The van der Waals surface area contributed by atoms with Gasteiger partial charge in [0.25, 0.3) is 0 Å². The largest absolute Gasteiger partial charge is 0.197 e. The molecule has 1 saturated carbocycles. The van der Waals surface area contributed by atoms with E-state index in [1.54, 1.807) is 0 Å². The first-order chi connectivity index (χ1) is 4.87. The summed E-state index contributed by atoms with van der Waals surface area (Å²) in [6.45, 7) is 0. The SMILES string of the molecule is N#CC1(c2nn[nH]n2)CC1. The number of hydrogen-bond donors (Lipinski definition) is 1. The number of tetrazole rings is 1. The summed E-state index contributed by atoms with van der Waals surface area (Å²) in [6.07, 6.45) is 1.73. The summed E-state index contributed by atoms with van der Waals surface area (Å²) in [5.41, 5.74) is -0.396. The molecule has 0 aliphatic heterocycles. The predicted octanol–water partition coefficient (Wildman–Crippen LogP) is -0.245. The van der Waals surface area contributed by atoms with E-state index in [1.807, 2.05) is 0 Å². The Kier molecular flexibility index (Phi) is 0.822. The van der Waals surface area contributed by atoms with Gasteiger partial charge in [0, 0.05) is 0 Å². The van der Waals surface area contributed by atoms with E-state index in [0.29, 0.717) is 5.82 Å². The number of rotatable bonds is 1. The summed E-state index contributed by atoms with van der Waals surface area (Å²) in [4.78, 5) is 0. The second kappa shape index (κ2) is 1.53. The van der Waals surface area contributed by atoms with Gasteiger partial charge in [0.1, 0.15) is 5.41 Å². The molecule has 1 aliphatic rings. The molecular formula is C5H5N5. The molecule has 5 nitrogen and oxygen atoms in total. The first-order valence-corrected chi connectivity index (χ1v) is 3.03. The lowest BCUT2D eigenvalue weighted by Gasteiger charge is -1.92. The van der Waals surface area contributed by atoms with Crippen molar-refractivity contribution in [3.05, 3.63) is 5.82 Å². The molecule has 0 radical (unpaired) electrons. The molecule has 0 spiro atoms. The van der Waals surface area contributed by atoms with Crippen molar-refractivity contribution >= 4 is 0 Å². The highest BCUT2D eigenvalue weighted by atomic mass is 15.5. The molecule has 50 valence electrons.